The number of aromatic amines is 1. The third-order valence-electron chi connectivity index (χ3n) is 9.16. The van der Waals surface area contributed by atoms with Crippen LogP contribution in [0.5, 0.6) is 0 Å². The fourth-order valence-corrected chi connectivity index (χ4v) is 6.97. The summed E-state index contributed by atoms with van der Waals surface area (Å²) in [6.07, 6.45) is 6.80. The van der Waals surface area contributed by atoms with Crippen LogP contribution in [0.2, 0.25) is 0 Å². The van der Waals surface area contributed by atoms with Crippen LogP contribution in [0, 0.1) is 29.4 Å². The van der Waals surface area contributed by atoms with Gasteiger partial charge in [0.25, 0.3) is 0 Å². The van der Waals surface area contributed by atoms with Gasteiger partial charge in [-0.25, -0.2) is 18.7 Å². The number of aromatic nitrogens is 3. The van der Waals surface area contributed by atoms with Crippen molar-refractivity contribution in [3.05, 3.63) is 60.3 Å². The molecule has 8 rings (SSSR count). The van der Waals surface area contributed by atoms with Crippen molar-refractivity contribution in [1.29, 1.82) is 0 Å². The van der Waals surface area contributed by atoms with Gasteiger partial charge in [0.15, 0.2) is 5.82 Å². The van der Waals surface area contributed by atoms with Crippen molar-refractivity contribution in [2.45, 2.75) is 38.6 Å². The molecule has 2 atom stereocenters. The van der Waals surface area contributed by atoms with E-state index in [4.69, 9.17) is 14.7 Å². The number of benzene rings is 2. The molecule has 2 aromatic carbocycles. The first kappa shape index (κ1) is 24.5. The molecule has 2 bridgehead atoms. The zero-order valence-electron chi connectivity index (χ0n) is 22.1. The number of hydrogen-bond donors (Lipinski definition) is 2. The fourth-order valence-electron chi connectivity index (χ4n) is 6.97. The van der Waals surface area contributed by atoms with Gasteiger partial charge in [0.05, 0.1) is 24.4 Å². The average molecular weight is 530 g/mol. The number of fused-ring (bicyclic) bond motifs is 4. The lowest BCUT2D eigenvalue weighted by Crippen LogP contribution is -2.47. The molecule has 0 radical (unpaired) electrons. The minimum absolute atomic E-state index is 0.253. The molecule has 39 heavy (non-hydrogen) atoms. The van der Waals surface area contributed by atoms with Crippen LogP contribution in [-0.2, 0) is 4.74 Å². The molecule has 1 aliphatic heterocycles. The van der Waals surface area contributed by atoms with Crippen molar-refractivity contribution in [3.63, 3.8) is 0 Å². The number of rotatable bonds is 5. The van der Waals surface area contributed by atoms with Crippen molar-refractivity contribution >= 4 is 22.4 Å². The Morgan fingerprint density at radius 1 is 0.949 bits per heavy atom. The summed E-state index contributed by atoms with van der Waals surface area (Å²) < 4.78 is 34.2. The van der Waals surface area contributed by atoms with Crippen molar-refractivity contribution < 1.29 is 13.5 Å². The van der Waals surface area contributed by atoms with Crippen LogP contribution in [0.4, 0.5) is 20.3 Å². The summed E-state index contributed by atoms with van der Waals surface area (Å²) in [6, 6.07) is 13.0. The Morgan fingerprint density at radius 2 is 1.69 bits per heavy atom. The largest absolute Gasteiger partial charge is 0.378 e. The number of nitrogens with one attached hydrogen (secondary N) is 2. The van der Waals surface area contributed by atoms with E-state index < -0.39 is 11.6 Å². The van der Waals surface area contributed by atoms with Gasteiger partial charge in [0.1, 0.15) is 17.5 Å². The lowest BCUT2D eigenvalue weighted by Gasteiger charge is -2.47. The van der Waals surface area contributed by atoms with Crippen LogP contribution in [0.15, 0.2) is 48.7 Å². The molecule has 4 aliphatic rings. The summed E-state index contributed by atoms with van der Waals surface area (Å²) in [6.45, 7) is 5.58. The van der Waals surface area contributed by atoms with Gasteiger partial charge in [0, 0.05) is 59.7 Å². The molecule has 8 heteroatoms. The molecule has 2 aromatic heterocycles. The second-order valence-electron chi connectivity index (χ2n) is 11.3. The monoisotopic (exact) mass is 529 g/mol. The smallest absolute Gasteiger partial charge is 0.164 e. The molecular weight excluding hydrogens is 496 g/mol. The molecular formula is C31H33F2N5O. The van der Waals surface area contributed by atoms with Crippen LogP contribution in [0.1, 0.15) is 32.6 Å². The van der Waals surface area contributed by atoms with Crippen molar-refractivity contribution in [2.75, 3.05) is 36.5 Å². The molecule has 2 N–H and O–H groups in total. The van der Waals surface area contributed by atoms with Crippen LogP contribution in [0.3, 0.4) is 0 Å². The van der Waals surface area contributed by atoms with E-state index in [1.54, 1.807) is 6.20 Å². The molecule has 1 saturated heterocycles. The summed E-state index contributed by atoms with van der Waals surface area (Å²) >= 11 is 0. The summed E-state index contributed by atoms with van der Waals surface area (Å²) in [7, 11) is 0. The Bertz CT molecular complexity index is 1490. The molecule has 202 valence electrons. The van der Waals surface area contributed by atoms with Crippen LogP contribution in [0.25, 0.3) is 33.5 Å². The van der Waals surface area contributed by atoms with Gasteiger partial charge in [0.2, 0.25) is 0 Å². The van der Waals surface area contributed by atoms with E-state index in [2.05, 4.69) is 46.4 Å². The number of morpholine rings is 1. The molecule has 3 aliphatic carbocycles. The van der Waals surface area contributed by atoms with Crippen molar-refractivity contribution in [2.24, 2.45) is 17.8 Å². The Hall–Kier alpha value is -3.52. The number of halogens is 2. The van der Waals surface area contributed by atoms with Gasteiger partial charge in [-0.05, 0) is 61.6 Å². The lowest BCUT2D eigenvalue weighted by atomic mass is 9.62. The van der Waals surface area contributed by atoms with Crippen molar-refractivity contribution in [1.82, 2.24) is 15.0 Å². The van der Waals surface area contributed by atoms with E-state index in [1.165, 1.54) is 31.7 Å². The summed E-state index contributed by atoms with van der Waals surface area (Å²) in [5.41, 5.74) is 3.73. The summed E-state index contributed by atoms with van der Waals surface area (Å²) in [5.74, 6) is 1.90. The zero-order chi connectivity index (χ0) is 26.5. The maximum absolute atomic E-state index is 14.5. The minimum Gasteiger partial charge on any atom is -0.378 e. The SMILES string of the molecule is C[C@@H]1C2CCC(CC2)[C@H]1Nc1cc(-c2ccc(N3CCOCC3)cc2)nc(-c2c[nH]c3c(F)cc(F)cc23)n1. The third kappa shape index (κ3) is 4.54. The van der Waals surface area contributed by atoms with E-state index in [9.17, 15) is 8.78 Å². The predicted molar refractivity (Wildman–Crippen MR) is 150 cm³/mol. The van der Waals surface area contributed by atoms with Crippen LogP contribution >= 0.6 is 0 Å². The van der Waals surface area contributed by atoms with Gasteiger partial charge >= 0.3 is 0 Å². The Labute approximate surface area is 226 Å². The highest BCUT2D eigenvalue weighted by Crippen LogP contribution is 2.46. The first-order valence-corrected chi connectivity index (χ1v) is 14.1. The van der Waals surface area contributed by atoms with Gasteiger partial charge < -0.3 is 19.9 Å². The first-order valence-electron chi connectivity index (χ1n) is 14.1. The maximum atomic E-state index is 14.5. The van der Waals surface area contributed by atoms with E-state index in [-0.39, 0.29) is 5.52 Å². The number of hydrogen-bond acceptors (Lipinski definition) is 5. The lowest BCUT2D eigenvalue weighted by molar-refractivity contribution is 0.0928. The van der Waals surface area contributed by atoms with Gasteiger partial charge in [-0.1, -0.05) is 19.1 Å². The minimum atomic E-state index is -0.628. The highest BCUT2D eigenvalue weighted by molar-refractivity contribution is 5.94. The highest BCUT2D eigenvalue weighted by atomic mass is 19.1. The molecule has 0 unspecified atom stereocenters. The second-order valence-corrected chi connectivity index (χ2v) is 11.3. The third-order valence-corrected chi connectivity index (χ3v) is 9.16. The zero-order valence-corrected chi connectivity index (χ0v) is 22.1. The molecule has 0 amide bonds. The Morgan fingerprint density at radius 3 is 2.44 bits per heavy atom. The van der Waals surface area contributed by atoms with E-state index in [0.29, 0.717) is 34.7 Å². The number of H-pyrrole nitrogens is 1. The molecule has 3 heterocycles. The van der Waals surface area contributed by atoms with Crippen LogP contribution in [-0.4, -0.2) is 47.3 Å². The Balaban J connectivity index is 1.29. The maximum Gasteiger partial charge on any atom is 0.164 e. The highest BCUT2D eigenvalue weighted by Gasteiger charge is 2.41. The van der Waals surface area contributed by atoms with E-state index in [1.807, 2.05) is 6.07 Å². The molecule has 6 nitrogen and oxygen atoms in total. The first-order chi connectivity index (χ1) is 19.0. The molecule has 4 aromatic rings. The summed E-state index contributed by atoms with van der Waals surface area (Å²) in [4.78, 5) is 15.1. The molecule has 4 fully saturated rings. The van der Waals surface area contributed by atoms with E-state index in [0.717, 1.165) is 61.1 Å². The normalized spacial score (nSPS) is 24.8. The fraction of sp³-hybridized carbons (Fsp3) is 0.419. The molecule has 3 saturated carbocycles. The standard InChI is InChI=1S/C31H33F2N5O/c1-18-19-2-4-21(5-3-19)29(18)36-28-16-27(20-6-8-23(9-7-20)38-10-12-39-13-11-38)35-31(37-28)25-17-34-30-24(25)14-22(32)15-26(30)33/h6-9,14-19,21,29,34H,2-5,10-13H2,1H3,(H,35,36,37)/t18-,19?,21?,29+/m1/s1. The van der Waals surface area contributed by atoms with E-state index >= 15 is 0 Å². The quantitative estimate of drug-likeness (QED) is 0.303. The van der Waals surface area contributed by atoms with Gasteiger partial charge in [-0.3, -0.25) is 0 Å². The average Bonchev–Trinajstić information content (AvgIpc) is 3.40. The predicted octanol–water partition coefficient (Wildman–Crippen LogP) is 6.64. The second kappa shape index (κ2) is 9.90. The molecule has 0 spiro atoms. The van der Waals surface area contributed by atoms with Gasteiger partial charge in [-0.2, -0.15) is 0 Å². The summed E-state index contributed by atoms with van der Waals surface area (Å²) in [5, 5.41) is 4.21. The Kier molecular flexibility index (Phi) is 6.22. The number of ether oxygens (including phenoxy) is 1. The van der Waals surface area contributed by atoms with Gasteiger partial charge in [-0.15, -0.1) is 0 Å². The topological polar surface area (TPSA) is 66.1 Å². The van der Waals surface area contributed by atoms with Crippen molar-refractivity contribution in [3.8, 4) is 22.6 Å². The van der Waals surface area contributed by atoms with Crippen LogP contribution < -0.4 is 10.2 Å². The number of nitrogens with zero attached hydrogens (tertiary/aromatic N) is 3. The number of anilines is 2.